The van der Waals surface area contributed by atoms with E-state index in [2.05, 4.69) is 4.98 Å². The Bertz CT molecular complexity index is 444. The molecular weight excluding hydrogens is 244 g/mol. The quantitative estimate of drug-likeness (QED) is 0.825. The number of hydrogen-bond acceptors (Lipinski definition) is 4. The fourth-order valence-corrected chi connectivity index (χ4v) is 1.85. The maximum absolute atomic E-state index is 11.2. The van der Waals surface area contributed by atoms with Gasteiger partial charge < -0.3 is 15.1 Å². The summed E-state index contributed by atoms with van der Waals surface area (Å²) in [7, 11) is 0. The molecule has 0 spiro atoms. The largest absolute Gasteiger partial charge is 0.478 e. The third-order valence-corrected chi connectivity index (χ3v) is 2.93. The minimum Gasteiger partial charge on any atom is -0.478 e. The predicted molar refractivity (Wildman–Crippen MR) is 74.9 cm³/mol. The first-order valence-corrected chi connectivity index (χ1v) is 6.49. The van der Waals surface area contributed by atoms with E-state index in [1.54, 1.807) is 12.1 Å². The summed E-state index contributed by atoms with van der Waals surface area (Å²) in [5.41, 5.74) is 0.982. The Labute approximate surface area is 113 Å². The predicted octanol–water partition coefficient (Wildman–Crippen LogP) is 2.11. The lowest BCUT2D eigenvalue weighted by Crippen LogP contribution is -2.34. The van der Waals surface area contributed by atoms with Crippen LogP contribution >= 0.6 is 0 Å². The van der Waals surface area contributed by atoms with Gasteiger partial charge in [0.1, 0.15) is 5.82 Å². The second kappa shape index (κ2) is 6.52. The van der Waals surface area contributed by atoms with E-state index in [4.69, 9.17) is 5.11 Å². The van der Waals surface area contributed by atoms with Gasteiger partial charge in [0, 0.05) is 18.3 Å². The Balaban J connectivity index is 3.27. The zero-order valence-corrected chi connectivity index (χ0v) is 11.9. The number of hydrogen-bond donors (Lipinski definition) is 2. The number of nitrogens with zero attached hydrogens (tertiary/aromatic N) is 2. The Kier molecular flexibility index (Phi) is 5.30. The number of carboxylic acids is 1. The van der Waals surface area contributed by atoms with Crippen molar-refractivity contribution in [3.63, 3.8) is 0 Å². The van der Waals surface area contributed by atoms with Gasteiger partial charge in [0.05, 0.1) is 12.2 Å². The number of carboxylic acid groups (broad SMARTS) is 1. The van der Waals surface area contributed by atoms with Crippen LogP contribution in [0.25, 0.3) is 0 Å². The molecule has 0 unspecified atom stereocenters. The minimum absolute atomic E-state index is 0.00811. The average molecular weight is 266 g/mol. The first-order chi connectivity index (χ1) is 8.86. The summed E-state index contributed by atoms with van der Waals surface area (Å²) in [5.74, 6) is -0.202. The summed E-state index contributed by atoms with van der Waals surface area (Å²) in [6.07, 6.45) is 0. The van der Waals surface area contributed by atoms with E-state index < -0.39 is 5.97 Å². The van der Waals surface area contributed by atoms with Gasteiger partial charge in [-0.1, -0.05) is 13.8 Å². The van der Waals surface area contributed by atoms with Crippen LogP contribution in [-0.4, -0.2) is 40.4 Å². The van der Waals surface area contributed by atoms with Gasteiger partial charge in [-0.05, 0) is 31.9 Å². The highest BCUT2D eigenvalue weighted by molar-refractivity contribution is 5.88. The van der Waals surface area contributed by atoms with Crippen molar-refractivity contribution >= 4 is 11.8 Å². The summed E-state index contributed by atoms with van der Waals surface area (Å²) in [6.45, 7) is 8.37. The molecule has 1 aromatic rings. The summed E-state index contributed by atoms with van der Waals surface area (Å²) in [6, 6.07) is 3.31. The number of pyridine rings is 1. The molecule has 5 nitrogen and oxygen atoms in total. The highest BCUT2D eigenvalue weighted by Gasteiger charge is 2.16. The third kappa shape index (κ3) is 3.92. The lowest BCUT2D eigenvalue weighted by atomic mass is 10.1. The van der Waals surface area contributed by atoms with Crippen molar-refractivity contribution < 1.29 is 15.0 Å². The SMILES string of the molecule is CC(C)c1cc(C(=O)O)cc(N(CCO)C(C)C)n1. The van der Waals surface area contributed by atoms with Gasteiger partial charge in [0.2, 0.25) is 0 Å². The van der Waals surface area contributed by atoms with E-state index in [1.807, 2.05) is 32.6 Å². The zero-order valence-electron chi connectivity index (χ0n) is 11.9. The Hall–Kier alpha value is -1.62. The Morgan fingerprint density at radius 1 is 1.32 bits per heavy atom. The standard InChI is InChI=1S/C14H22N2O3/c1-9(2)12-7-11(14(18)19)8-13(15-12)16(5-6-17)10(3)4/h7-10,17H,5-6H2,1-4H3,(H,18,19). The normalized spacial score (nSPS) is 11.1. The van der Waals surface area contributed by atoms with Crippen molar-refractivity contribution in [1.82, 2.24) is 4.98 Å². The molecule has 1 heterocycles. The van der Waals surface area contributed by atoms with E-state index in [0.717, 1.165) is 5.69 Å². The number of carbonyl (C=O) groups is 1. The van der Waals surface area contributed by atoms with Crippen LogP contribution in [0, 0.1) is 0 Å². The number of aliphatic hydroxyl groups is 1. The summed E-state index contributed by atoms with van der Waals surface area (Å²) >= 11 is 0. The minimum atomic E-state index is -0.960. The molecule has 0 bridgehead atoms. The molecule has 0 fully saturated rings. The van der Waals surface area contributed by atoms with Crippen LogP contribution in [0.15, 0.2) is 12.1 Å². The molecule has 19 heavy (non-hydrogen) atoms. The smallest absolute Gasteiger partial charge is 0.335 e. The molecule has 0 saturated heterocycles. The molecule has 0 aliphatic heterocycles. The maximum atomic E-state index is 11.2. The van der Waals surface area contributed by atoms with Crippen LogP contribution in [0.5, 0.6) is 0 Å². The lowest BCUT2D eigenvalue weighted by Gasteiger charge is -2.28. The highest BCUT2D eigenvalue weighted by atomic mass is 16.4. The van der Waals surface area contributed by atoms with Gasteiger partial charge >= 0.3 is 5.97 Å². The molecule has 0 aliphatic rings. The molecule has 106 valence electrons. The second-order valence-electron chi connectivity index (χ2n) is 5.11. The molecule has 1 rings (SSSR count). The molecule has 2 N–H and O–H groups in total. The maximum Gasteiger partial charge on any atom is 0.335 e. The zero-order chi connectivity index (χ0) is 14.6. The van der Waals surface area contributed by atoms with Crippen molar-refractivity contribution in [2.24, 2.45) is 0 Å². The van der Waals surface area contributed by atoms with Gasteiger partial charge in [0.25, 0.3) is 0 Å². The van der Waals surface area contributed by atoms with Gasteiger partial charge in [-0.2, -0.15) is 0 Å². The topological polar surface area (TPSA) is 73.7 Å². The molecule has 0 radical (unpaired) electrons. The van der Waals surface area contributed by atoms with Gasteiger partial charge in [0.15, 0.2) is 0 Å². The number of aliphatic hydroxyl groups excluding tert-OH is 1. The Morgan fingerprint density at radius 3 is 2.37 bits per heavy atom. The van der Waals surface area contributed by atoms with Crippen LogP contribution in [0.3, 0.4) is 0 Å². The monoisotopic (exact) mass is 266 g/mol. The molecule has 0 atom stereocenters. The summed E-state index contributed by atoms with van der Waals surface area (Å²) in [5, 5.41) is 18.3. The highest BCUT2D eigenvalue weighted by Crippen LogP contribution is 2.21. The van der Waals surface area contributed by atoms with Crippen molar-refractivity contribution in [2.75, 3.05) is 18.1 Å². The van der Waals surface area contributed by atoms with E-state index in [9.17, 15) is 9.90 Å². The fraction of sp³-hybridized carbons (Fsp3) is 0.571. The molecule has 0 saturated carbocycles. The van der Waals surface area contributed by atoms with E-state index in [-0.39, 0.29) is 24.1 Å². The number of aromatic carboxylic acids is 1. The summed E-state index contributed by atoms with van der Waals surface area (Å²) in [4.78, 5) is 17.6. The molecule has 0 aromatic carbocycles. The van der Waals surface area contributed by atoms with Crippen molar-refractivity contribution in [1.29, 1.82) is 0 Å². The van der Waals surface area contributed by atoms with Gasteiger partial charge in [-0.25, -0.2) is 9.78 Å². The van der Waals surface area contributed by atoms with E-state index in [0.29, 0.717) is 12.4 Å². The van der Waals surface area contributed by atoms with Crippen LogP contribution in [0.1, 0.15) is 49.7 Å². The van der Waals surface area contributed by atoms with Crippen LogP contribution < -0.4 is 4.90 Å². The van der Waals surface area contributed by atoms with E-state index in [1.165, 1.54) is 0 Å². The second-order valence-corrected chi connectivity index (χ2v) is 5.11. The molecule has 1 aromatic heterocycles. The van der Waals surface area contributed by atoms with Crippen LogP contribution in [0.4, 0.5) is 5.82 Å². The van der Waals surface area contributed by atoms with Gasteiger partial charge in [-0.15, -0.1) is 0 Å². The number of anilines is 1. The summed E-state index contributed by atoms with van der Waals surface area (Å²) < 4.78 is 0. The number of aromatic nitrogens is 1. The molecule has 0 amide bonds. The first-order valence-electron chi connectivity index (χ1n) is 6.49. The fourth-order valence-electron chi connectivity index (χ4n) is 1.85. The van der Waals surface area contributed by atoms with Crippen LogP contribution in [-0.2, 0) is 0 Å². The van der Waals surface area contributed by atoms with E-state index >= 15 is 0 Å². The number of rotatable bonds is 6. The van der Waals surface area contributed by atoms with Gasteiger partial charge in [-0.3, -0.25) is 0 Å². The van der Waals surface area contributed by atoms with Crippen LogP contribution in [0.2, 0.25) is 0 Å². The molecular formula is C14H22N2O3. The lowest BCUT2D eigenvalue weighted by molar-refractivity contribution is 0.0696. The Morgan fingerprint density at radius 2 is 1.95 bits per heavy atom. The molecule has 5 heteroatoms. The third-order valence-electron chi connectivity index (χ3n) is 2.93. The van der Waals surface area contributed by atoms with Crippen molar-refractivity contribution in [2.45, 2.75) is 39.7 Å². The molecule has 0 aliphatic carbocycles. The van der Waals surface area contributed by atoms with Crippen molar-refractivity contribution in [3.8, 4) is 0 Å². The first kappa shape index (κ1) is 15.4. The van der Waals surface area contributed by atoms with Crippen molar-refractivity contribution in [3.05, 3.63) is 23.4 Å². The average Bonchev–Trinajstić information content (AvgIpc) is 2.34.